The summed E-state index contributed by atoms with van der Waals surface area (Å²) in [6, 6.07) is 2.16. The van der Waals surface area contributed by atoms with E-state index in [1.165, 1.54) is 11.1 Å². The van der Waals surface area contributed by atoms with Gasteiger partial charge in [0.1, 0.15) is 5.82 Å². The van der Waals surface area contributed by atoms with Gasteiger partial charge in [-0.25, -0.2) is 4.98 Å². The first-order chi connectivity index (χ1) is 9.63. The predicted octanol–water partition coefficient (Wildman–Crippen LogP) is 2.67. The number of ether oxygens (including phenoxy) is 1. The molecule has 4 heteroatoms. The first-order valence-corrected chi connectivity index (χ1v) is 7.55. The number of likely N-dealkylation sites (N-methyl/N-ethyl adjacent to an activating group) is 1. The number of nitrogens with one attached hydrogen (secondary N) is 1. The molecular weight excluding hydrogens is 250 g/mol. The molecule has 1 heterocycles. The molecular formula is C16H29N3O. The molecule has 0 saturated carbocycles. The van der Waals surface area contributed by atoms with Crippen molar-refractivity contribution < 1.29 is 4.74 Å². The third kappa shape index (κ3) is 4.76. The second-order valence-corrected chi connectivity index (χ2v) is 5.13. The van der Waals surface area contributed by atoms with Crippen LogP contribution in [0.5, 0.6) is 0 Å². The minimum Gasteiger partial charge on any atom is -0.383 e. The summed E-state index contributed by atoms with van der Waals surface area (Å²) < 4.78 is 5.21. The van der Waals surface area contributed by atoms with E-state index in [4.69, 9.17) is 9.72 Å². The van der Waals surface area contributed by atoms with Crippen LogP contribution in [-0.2, 0) is 11.3 Å². The van der Waals surface area contributed by atoms with Gasteiger partial charge < -0.3 is 15.0 Å². The van der Waals surface area contributed by atoms with E-state index in [9.17, 15) is 0 Å². The molecule has 0 aliphatic rings. The zero-order chi connectivity index (χ0) is 15.0. The van der Waals surface area contributed by atoms with E-state index < -0.39 is 0 Å². The molecule has 1 rings (SSSR count). The molecule has 114 valence electrons. The quantitative estimate of drug-likeness (QED) is 0.705. The molecule has 0 unspecified atom stereocenters. The van der Waals surface area contributed by atoms with Crippen LogP contribution in [0.25, 0.3) is 0 Å². The molecule has 20 heavy (non-hydrogen) atoms. The summed E-state index contributed by atoms with van der Waals surface area (Å²) in [6.07, 6.45) is 1.15. The zero-order valence-electron chi connectivity index (χ0n) is 13.6. The molecule has 1 aromatic heterocycles. The van der Waals surface area contributed by atoms with Crippen LogP contribution in [-0.4, -0.2) is 38.3 Å². The molecule has 4 nitrogen and oxygen atoms in total. The second-order valence-electron chi connectivity index (χ2n) is 5.13. The molecule has 0 aliphatic carbocycles. The van der Waals surface area contributed by atoms with Gasteiger partial charge in [-0.15, -0.1) is 0 Å². The number of hydrogen-bond acceptors (Lipinski definition) is 4. The Hall–Kier alpha value is -1.13. The van der Waals surface area contributed by atoms with Crippen LogP contribution in [0.3, 0.4) is 0 Å². The van der Waals surface area contributed by atoms with Gasteiger partial charge in [0.25, 0.3) is 0 Å². The summed E-state index contributed by atoms with van der Waals surface area (Å²) in [7, 11) is 1.74. The van der Waals surface area contributed by atoms with Crippen molar-refractivity contribution in [1.82, 2.24) is 10.3 Å². The summed E-state index contributed by atoms with van der Waals surface area (Å²) in [5.41, 5.74) is 3.70. The van der Waals surface area contributed by atoms with Crippen molar-refractivity contribution in [2.75, 3.05) is 38.3 Å². The summed E-state index contributed by atoms with van der Waals surface area (Å²) in [5, 5.41) is 3.49. The van der Waals surface area contributed by atoms with Crippen LogP contribution in [0.1, 0.15) is 37.1 Å². The topological polar surface area (TPSA) is 37.4 Å². The molecule has 0 bridgehead atoms. The maximum Gasteiger partial charge on any atom is 0.133 e. The smallest absolute Gasteiger partial charge is 0.133 e. The SMILES string of the molecule is CCCNCc1c(C)cc(C)nc1N(CC)CCOC. The van der Waals surface area contributed by atoms with Crippen LogP contribution in [0.4, 0.5) is 5.82 Å². The fourth-order valence-corrected chi connectivity index (χ4v) is 2.33. The Balaban J connectivity index is 3.00. The van der Waals surface area contributed by atoms with E-state index in [1.807, 2.05) is 0 Å². The third-order valence-electron chi connectivity index (χ3n) is 3.43. The highest BCUT2D eigenvalue weighted by atomic mass is 16.5. The molecule has 0 fully saturated rings. The number of pyridine rings is 1. The average molecular weight is 279 g/mol. The first-order valence-electron chi connectivity index (χ1n) is 7.55. The molecule has 1 aromatic rings. The van der Waals surface area contributed by atoms with E-state index in [0.717, 1.165) is 50.7 Å². The van der Waals surface area contributed by atoms with Crippen molar-refractivity contribution in [3.8, 4) is 0 Å². The number of methoxy groups -OCH3 is 1. The van der Waals surface area contributed by atoms with Crippen molar-refractivity contribution in [1.29, 1.82) is 0 Å². The lowest BCUT2D eigenvalue weighted by atomic mass is 10.1. The lowest BCUT2D eigenvalue weighted by Crippen LogP contribution is -2.30. The Kier molecular flexibility index (Phi) is 7.55. The van der Waals surface area contributed by atoms with E-state index in [2.05, 4.69) is 44.0 Å². The van der Waals surface area contributed by atoms with Crippen LogP contribution < -0.4 is 10.2 Å². The number of aryl methyl sites for hydroxylation is 2. The largest absolute Gasteiger partial charge is 0.383 e. The molecule has 0 aliphatic heterocycles. The molecule has 0 spiro atoms. The first kappa shape index (κ1) is 16.9. The monoisotopic (exact) mass is 279 g/mol. The Bertz CT molecular complexity index is 407. The van der Waals surface area contributed by atoms with Crippen molar-refractivity contribution in [3.63, 3.8) is 0 Å². The Labute approximate surface area is 123 Å². The molecule has 0 radical (unpaired) electrons. The summed E-state index contributed by atoms with van der Waals surface area (Å²) >= 11 is 0. The molecule has 1 N–H and O–H groups in total. The van der Waals surface area contributed by atoms with E-state index in [0.29, 0.717) is 0 Å². The molecule has 0 saturated heterocycles. The van der Waals surface area contributed by atoms with Gasteiger partial charge in [-0.05, 0) is 45.4 Å². The van der Waals surface area contributed by atoms with E-state index in [1.54, 1.807) is 7.11 Å². The second kappa shape index (κ2) is 8.93. The normalized spacial score (nSPS) is 10.8. The Morgan fingerprint density at radius 1 is 1.30 bits per heavy atom. The third-order valence-corrected chi connectivity index (χ3v) is 3.43. The summed E-state index contributed by atoms with van der Waals surface area (Å²) in [4.78, 5) is 7.07. The maximum absolute atomic E-state index is 5.21. The Morgan fingerprint density at radius 2 is 2.05 bits per heavy atom. The highest BCUT2D eigenvalue weighted by molar-refractivity contribution is 5.51. The van der Waals surface area contributed by atoms with Crippen LogP contribution in [0.2, 0.25) is 0 Å². The lowest BCUT2D eigenvalue weighted by Gasteiger charge is -2.26. The van der Waals surface area contributed by atoms with Gasteiger partial charge in [0.2, 0.25) is 0 Å². The van der Waals surface area contributed by atoms with E-state index in [-0.39, 0.29) is 0 Å². The van der Waals surface area contributed by atoms with Crippen LogP contribution in [0, 0.1) is 13.8 Å². The number of anilines is 1. The number of nitrogens with zero attached hydrogens (tertiary/aromatic N) is 2. The van der Waals surface area contributed by atoms with E-state index >= 15 is 0 Å². The van der Waals surface area contributed by atoms with Gasteiger partial charge in [-0.2, -0.15) is 0 Å². The van der Waals surface area contributed by atoms with Crippen molar-refractivity contribution in [2.24, 2.45) is 0 Å². The van der Waals surface area contributed by atoms with Crippen molar-refractivity contribution in [2.45, 2.75) is 40.7 Å². The fraction of sp³-hybridized carbons (Fsp3) is 0.688. The minimum absolute atomic E-state index is 0.727. The molecule has 0 aromatic carbocycles. The number of rotatable bonds is 9. The zero-order valence-corrected chi connectivity index (χ0v) is 13.6. The average Bonchev–Trinajstić information content (AvgIpc) is 2.42. The molecule has 0 atom stereocenters. The van der Waals surface area contributed by atoms with Crippen molar-refractivity contribution >= 4 is 5.82 Å². The molecule has 0 amide bonds. The van der Waals surface area contributed by atoms with Crippen LogP contribution in [0.15, 0.2) is 6.07 Å². The van der Waals surface area contributed by atoms with Gasteiger partial charge >= 0.3 is 0 Å². The van der Waals surface area contributed by atoms with Crippen LogP contribution >= 0.6 is 0 Å². The highest BCUT2D eigenvalue weighted by Gasteiger charge is 2.14. The fourth-order valence-electron chi connectivity index (χ4n) is 2.33. The number of aromatic nitrogens is 1. The van der Waals surface area contributed by atoms with Gasteiger partial charge in [0, 0.05) is 38.0 Å². The lowest BCUT2D eigenvalue weighted by molar-refractivity contribution is 0.205. The Morgan fingerprint density at radius 3 is 2.65 bits per heavy atom. The van der Waals surface area contributed by atoms with Crippen molar-refractivity contribution in [3.05, 3.63) is 22.9 Å². The predicted molar refractivity (Wildman–Crippen MR) is 85.5 cm³/mol. The van der Waals surface area contributed by atoms with Gasteiger partial charge in [0.15, 0.2) is 0 Å². The van der Waals surface area contributed by atoms with Gasteiger partial charge in [0.05, 0.1) is 6.61 Å². The highest BCUT2D eigenvalue weighted by Crippen LogP contribution is 2.22. The maximum atomic E-state index is 5.21. The van der Waals surface area contributed by atoms with Gasteiger partial charge in [-0.1, -0.05) is 6.92 Å². The minimum atomic E-state index is 0.727. The number of hydrogen-bond donors (Lipinski definition) is 1. The summed E-state index contributed by atoms with van der Waals surface area (Å²) in [5.74, 6) is 1.10. The summed E-state index contributed by atoms with van der Waals surface area (Å²) in [6.45, 7) is 13.1. The standard InChI is InChI=1S/C16H29N3O/c1-6-8-17-12-15-13(3)11-14(4)18-16(15)19(7-2)9-10-20-5/h11,17H,6-10,12H2,1-5H3. The van der Waals surface area contributed by atoms with Gasteiger partial charge in [-0.3, -0.25) is 0 Å².